The van der Waals surface area contributed by atoms with Crippen LogP contribution in [-0.4, -0.2) is 19.1 Å². The summed E-state index contributed by atoms with van der Waals surface area (Å²) in [7, 11) is 0. The van der Waals surface area contributed by atoms with E-state index < -0.39 is 0 Å². The van der Waals surface area contributed by atoms with E-state index in [1.54, 1.807) is 0 Å². The number of nitrogens with two attached hydrogens (primary N) is 1. The zero-order valence-electron chi connectivity index (χ0n) is 10.5. The summed E-state index contributed by atoms with van der Waals surface area (Å²) in [5.74, 6) is 0. The summed E-state index contributed by atoms with van der Waals surface area (Å²) >= 11 is 6.31. The van der Waals surface area contributed by atoms with Gasteiger partial charge in [-0.15, -0.1) is 0 Å². The molecule has 0 spiro atoms. The molecule has 2 nitrogen and oxygen atoms in total. The molecule has 0 amide bonds. The van der Waals surface area contributed by atoms with Crippen molar-refractivity contribution in [2.75, 3.05) is 18.0 Å². The van der Waals surface area contributed by atoms with E-state index in [-0.39, 0.29) is 6.04 Å². The summed E-state index contributed by atoms with van der Waals surface area (Å²) < 4.78 is 0. The molecule has 1 aliphatic rings. The van der Waals surface area contributed by atoms with Crippen molar-refractivity contribution >= 4 is 17.3 Å². The first-order chi connectivity index (χ1) is 8.18. The Morgan fingerprint density at radius 2 is 2.00 bits per heavy atom. The molecule has 1 fully saturated rings. The molecule has 1 aromatic carbocycles. The van der Waals surface area contributed by atoms with Crippen molar-refractivity contribution in [2.24, 2.45) is 5.73 Å². The van der Waals surface area contributed by atoms with Crippen LogP contribution in [0, 0.1) is 0 Å². The molecule has 0 bridgehead atoms. The molecule has 1 aliphatic heterocycles. The van der Waals surface area contributed by atoms with E-state index in [1.807, 2.05) is 19.1 Å². The average Bonchev–Trinajstić information content (AvgIpc) is 2.32. The largest absolute Gasteiger partial charge is 0.371 e. The van der Waals surface area contributed by atoms with Crippen molar-refractivity contribution in [3.8, 4) is 0 Å². The van der Waals surface area contributed by atoms with E-state index in [4.69, 9.17) is 17.3 Å². The average molecular weight is 253 g/mol. The van der Waals surface area contributed by atoms with Gasteiger partial charge in [-0.3, -0.25) is 0 Å². The van der Waals surface area contributed by atoms with Gasteiger partial charge >= 0.3 is 0 Å². The fourth-order valence-electron chi connectivity index (χ4n) is 2.50. The lowest BCUT2D eigenvalue weighted by Crippen LogP contribution is -2.31. The van der Waals surface area contributed by atoms with E-state index in [0.717, 1.165) is 24.5 Å². The Morgan fingerprint density at radius 1 is 1.29 bits per heavy atom. The van der Waals surface area contributed by atoms with Gasteiger partial charge in [-0.25, -0.2) is 0 Å². The number of halogens is 1. The molecule has 2 rings (SSSR count). The van der Waals surface area contributed by atoms with Crippen LogP contribution in [0.1, 0.15) is 31.7 Å². The molecule has 1 aromatic rings. The first kappa shape index (κ1) is 12.7. The molecule has 0 aliphatic carbocycles. The second kappa shape index (κ2) is 5.74. The van der Waals surface area contributed by atoms with Gasteiger partial charge in [-0.2, -0.15) is 0 Å². The van der Waals surface area contributed by atoms with E-state index in [9.17, 15) is 0 Å². The molecule has 0 saturated carbocycles. The number of benzene rings is 1. The summed E-state index contributed by atoms with van der Waals surface area (Å²) in [6, 6.07) is 6.33. The van der Waals surface area contributed by atoms with Gasteiger partial charge in [-0.1, -0.05) is 17.7 Å². The number of hydrogen-bond acceptors (Lipinski definition) is 2. The molecule has 0 aromatic heterocycles. The Labute approximate surface area is 109 Å². The molecular formula is C14H21ClN2. The molecule has 94 valence electrons. The second-order valence-corrected chi connectivity index (χ2v) is 5.37. The van der Waals surface area contributed by atoms with E-state index in [1.165, 1.54) is 30.5 Å². The highest BCUT2D eigenvalue weighted by Crippen LogP contribution is 2.30. The van der Waals surface area contributed by atoms with E-state index >= 15 is 0 Å². The Bertz CT molecular complexity index is 370. The van der Waals surface area contributed by atoms with Crippen LogP contribution in [-0.2, 0) is 6.42 Å². The van der Waals surface area contributed by atoms with Crippen LogP contribution in [0.15, 0.2) is 18.2 Å². The van der Waals surface area contributed by atoms with Gasteiger partial charge < -0.3 is 10.6 Å². The summed E-state index contributed by atoms with van der Waals surface area (Å²) in [5, 5.41) is 0.852. The van der Waals surface area contributed by atoms with E-state index in [2.05, 4.69) is 11.0 Å². The number of anilines is 1. The third kappa shape index (κ3) is 3.14. The van der Waals surface area contributed by atoms with Crippen LogP contribution in [0.25, 0.3) is 0 Å². The van der Waals surface area contributed by atoms with Gasteiger partial charge in [-0.05, 0) is 50.3 Å². The van der Waals surface area contributed by atoms with Gasteiger partial charge in [0.25, 0.3) is 0 Å². The maximum Gasteiger partial charge on any atom is 0.0459 e. The monoisotopic (exact) mass is 252 g/mol. The van der Waals surface area contributed by atoms with E-state index in [0.29, 0.717) is 0 Å². The predicted octanol–water partition coefficient (Wildman–Crippen LogP) is 3.22. The van der Waals surface area contributed by atoms with Gasteiger partial charge in [0.2, 0.25) is 0 Å². The van der Waals surface area contributed by atoms with Crippen LogP contribution in [0.5, 0.6) is 0 Å². The van der Waals surface area contributed by atoms with Crippen molar-refractivity contribution in [1.29, 1.82) is 0 Å². The van der Waals surface area contributed by atoms with Crippen LogP contribution in [0.4, 0.5) is 5.69 Å². The topological polar surface area (TPSA) is 29.3 Å². The molecule has 1 heterocycles. The first-order valence-electron chi connectivity index (χ1n) is 6.46. The van der Waals surface area contributed by atoms with Crippen LogP contribution >= 0.6 is 11.6 Å². The standard InChI is InChI=1S/C14H21ClN2/c1-11(16)10-12-13(15)6-5-7-14(12)17-8-3-2-4-9-17/h5-7,11H,2-4,8-10,16H2,1H3. The third-order valence-corrected chi connectivity index (χ3v) is 3.67. The third-order valence-electron chi connectivity index (χ3n) is 3.32. The maximum atomic E-state index is 6.31. The molecule has 0 radical (unpaired) electrons. The van der Waals surface area contributed by atoms with Crippen molar-refractivity contribution < 1.29 is 0 Å². The minimum absolute atomic E-state index is 0.151. The SMILES string of the molecule is CC(N)Cc1c(Cl)cccc1N1CCCCC1. The zero-order chi connectivity index (χ0) is 12.3. The fourth-order valence-corrected chi connectivity index (χ4v) is 2.75. The number of rotatable bonds is 3. The Morgan fingerprint density at radius 3 is 2.65 bits per heavy atom. The van der Waals surface area contributed by atoms with Gasteiger partial charge in [0.1, 0.15) is 0 Å². The van der Waals surface area contributed by atoms with Crippen molar-refractivity contribution in [2.45, 2.75) is 38.6 Å². The number of hydrogen-bond donors (Lipinski definition) is 1. The summed E-state index contributed by atoms with van der Waals surface area (Å²) in [5.41, 5.74) is 8.42. The molecule has 2 N–H and O–H groups in total. The van der Waals surface area contributed by atoms with Crippen molar-refractivity contribution in [3.63, 3.8) is 0 Å². The van der Waals surface area contributed by atoms with Gasteiger partial charge in [0.05, 0.1) is 0 Å². The number of piperidine rings is 1. The lowest BCUT2D eigenvalue weighted by atomic mass is 10.0. The number of nitrogens with zero attached hydrogens (tertiary/aromatic N) is 1. The normalized spacial score (nSPS) is 18.2. The lowest BCUT2D eigenvalue weighted by molar-refractivity contribution is 0.575. The minimum Gasteiger partial charge on any atom is -0.371 e. The minimum atomic E-state index is 0.151. The molecule has 1 saturated heterocycles. The Kier molecular flexibility index (Phi) is 4.30. The molecule has 1 atom stereocenters. The maximum absolute atomic E-state index is 6.31. The Hall–Kier alpha value is -0.730. The van der Waals surface area contributed by atoms with Crippen LogP contribution in [0.2, 0.25) is 5.02 Å². The highest BCUT2D eigenvalue weighted by Gasteiger charge is 2.16. The van der Waals surface area contributed by atoms with Gasteiger partial charge in [0, 0.05) is 29.8 Å². The van der Waals surface area contributed by atoms with Crippen molar-refractivity contribution in [3.05, 3.63) is 28.8 Å². The summed E-state index contributed by atoms with van der Waals surface area (Å²) in [4.78, 5) is 2.45. The molecule has 1 unspecified atom stereocenters. The highest BCUT2D eigenvalue weighted by molar-refractivity contribution is 6.31. The molecule has 17 heavy (non-hydrogen) atoms. The summed E-state index contributed by atoms with van der Waals surface area (Å²) in [6.45, 7) is 4.32. The first-order valence-corrected chi connectivity index (χ1v) is 6.84. The lowest BCUT2D eigenvalue weighted by Gasteiger charge is -2.31. The van der Waals surface area contributed by atoms with Crippen LogP contribution in [0.3, 0.4) is 0 Å². The van der Waals surface area contributed by atoms with Crippen molar-refractivity contribution in [1.82, 2.24) is 0 Å². The van der Waals surface area contributed by atoms with Crippen LogP contribution < -0.4 is 10.6 Å². The Balaban J connectivity index is 2.27. The highest BCUT2D eigenvalue weighted by atomic mass is 35.5. The quantitative estimate of drug-likeness (QED) is 0.895. The smallest absolute Gasteiger partial charge is 0.0459 e. The summed E-state index contributed by atoms with van der Waals surface area (Å²) in [6.07, 6.45) is 4.76. The fraction of sp³-hybridized carbons (Fsp3) is 0.571. The zero-order valence-corrected chi connectivity index (χ0v) is 11.2. The van der Waals surface area contributed by atoms with Gasteiger partial charge in [0.15, 0.2) is 0 Å². The second-order valence-electron chi connectivity index (χ2n) is 4.97. The molecule has 3 heteroatoms. The predicted molar refractivity (Wildman–Crippen MR) is 74.9 cm³/mol. The molecular weight excluding hydrogens is 232 g/mol.